The summed E-state index contributed by atoms with van der Waals surface area (Å²) in [6, 6.07) is -0.248. The molecule has 170 valence electrons. The molecule has 31 heavy (non-hydrogen) atoms. The standard InChI is InChI=1S/C20H31N7O3S/c1-12(2)7-16(11-28)23-19-24-17(25-20(26-19)27-31(4,29)30)8-13(3)15-9-21-18(22-10-15)14-5-6-14/h9-10,12-14,16,28H,5-8,11H2,1-4H3,(H2,23,24,25,26,27)/t13?,16-/m1/s1. The summed E-state index contributed by atoms with van der Waals surface area (Å²) in [5, 5.41) is 12.8. The van der Waals surface area contributed by atoms with Crippen LogP contribution in [0.25, 0.3) is 0 Å². The summed E-state index contributed by atoms with van der Waals surface area (Å²) in [5.74, 6) is 2.38. The van der Waals surface area contributed by atoms with E-state index in [9.17, 15) is 13.5 Å². The van der Waals surface area contributed by atoms with Crippen LogP contribution in [0.1, 0.15) is 69.1 Å². The molecule has 1 unspecified atom stereocenters. The highest BCUT2D eigenvalue weighted by molar-refractivity contribution is 7.91. The minimum absolute atomic E-state index is 0.0267. The van der Waals surface area contributed by atoms with Gasteiger partial charge in [0.2, 0.25) is 21.9 Å². The topological polar surface area (TPSA) is 143 Å². The van der Waals surface area contributed by atoms with Gasteiger partial charge in [0.05, 0.1) is 18.9 Å². The lowest BCUT2D eigenvalue weighted by atomic mass is 10.0. The van der Waals surface area contributed by atoms with E-state index in [0.29, 0.717) is 30.5 Å². The largest absolute Gasteiger partial charge is 0.394 e. The highest BCUT2D eigenvalue weighted by Crippen LogP contribution is 2.37. The van der Waals surface area contributed by atoms with Crippen LogP contribution in [0.5, 0.6) is 0 Å². The van der Waals surface area contributed by atoms with Gasteiger partial charge in [-0.25, -0.2) is 18.4 Å². The Hall–Kier alpha value is -2.40. The fraction of sp³-hybridized carbons (Fsp3) is 0.650. The van der Waals surface area contributed by atoms with E-state index in [1.54, 1.807) is 0 Å². The van der Waals surface area contributed by atoms with Crippen LogP contribution in [0.4, 0.5) is 11.9 Å². The lowest BCUT2D eigenvalue weighted by molar-refractivity contribution is 0.259. The average molecular weight is 450 g/mol. The van der Waals surface area contributed by atoms with Crippen molar-refractivity contribution in [2.75, 3.05) is 22.9 Å². The van der Waals surface area contributed by atoms with Gasteiger partial charge in [-0.1, -0.05) is 20.8 Å². The van der Waals surface area contributed by atoms with Gasteiger partial charge in [0, 0.05) is 24.7 Å². The highest BCUT2D eigenvalue weighted by atomic mass is 32.2. The van der Waals surface area contributed by atoms with Crippen LogP contribution in [-0.2, 0) is 16.4 Å². The Morgan fingerprint density at radius 2 is 1.74 bits per heavy atom. The van der Waals surface area contributed by atoms with Crippen molar-refractivity contribution in [3.63, 3.8) is 0 Å². The second-order valence-electron chi connectivity index (χ2n) is 8.68. The minimum atomic E-state index is -3.55. The van der Waals surface area contributed by atoms with Gasteiger partial charge in [-0.2, -0.15) is 15.0 Å². The molecule has 0 bridgehead atoms. The Morgan fingerprint density at radius 1 is 1.10 bits per heavy atom. The van der Waals surface area contributed by atoms with Gasteiger partial charge in [-0.05, 0) is 36.7 Å². The van der Waals surface area contributed by atoms with Gasteiger partial charge in [0.15, 0.2) is 0 Å². The molecule has 2 atom stereocenters. The lowest BCUT2D eigenvalue weighted by Crippen LogP contribution is -2.27. The van der Waals surface area contributed by atoms with E-state index in [1.807, 2.05) is 19.3 Å². The van der Waals surface area contributed by atoms with E-state index in [2.05, 4.69) is 48.8 Å². The molecule has 0 aliphatic heterocycles. The molecule has 10 nitrogen and oxygen atoms in total. The van der Waals surface area contributed by atoms with Crippen molar-refractivity contribution in [3.05, 3.63) is 29.6 Å². The Balaban J connectivity index is 1.80. The SMILES string of the molecule is CC(C)C[C@H](CO)Nc1nc(CC(C)c2cnc(C3CC3)nc2)nc(NS(C)(=O)=O)n1. The van der Waals surface area contributed by atoms with E-state index in [4.69, 9.17) is 0 Å². The number of sulfonamides is 1. The number of rotatable bonds is 11. The molecule has 2 heterocycles. The Morgan fingerprint density at radius 3 is 2.29 bits per heavy atom. The highest BCUT2D eigenvalue weighted by Gasteiger charge is 2.26. The Labute approximate surface area is 183 Å². The molecule has 0 aromatic carbocycles. The third kappa shape index (κ3) is 7.35. The molecule has 1 aliphatic carbocycles. The first-order chi connectivity index (χ1) is 14.6. The van der Waals surface area contributed by atoms with Crippen LogP contribution < -0.4 is 10.0 Å². The molecule has 0 radical (unpaired) electrons. The van der Waals surface area contributed by atoms with Gasteiger partial charge >= 0.3 is 0 Å². The van der Waals surface area contributed by atoms with Crippen LogP contribution in [0.15, 0.2) is 12.4 Å². The van der Waals surface area contributed by atoms with Crippen molar-refractivity contribution < 1.29 is 13.5 Å². The second-order valence-corrected chi connectivity index (χ2v) is 10.4. The number of aliphatic hydroxyl groups excluding tert-OH is 1. The molecular weight excluding hydrogens is 418 g/mol. The molecule has 2 aromatic heterocycles. The van der Waals surface area contributed by atoms with Gasteiger partial charge in [-0.15, -0.1) is 0 Å². The zero-order valence-electron chi connectivity index (χ0n) is 18.4. The van der Waals surface area contributed by atoms with Gasteiger partial charge in [0.25, 0.3) is 0 Å². The first-order valence-corrected chi connectivity index (χ1v) is 12.4. The average Bonchev–Trinajstić information content (AvgIpc) is 3.51. The smallest absolute Gasteiger partial charge is 0.241 e. The van der Waals surface area contributed by atoms with Gasteiger partial charge in [0.1, 0.15) is 11.6 Å². The van der Waals surface area contributed by atoms with Crippen molar-refractivity contribution in [1.82, 2.24) is 24.9 Å². The molecule has 0 saturated heterocycles. The molecular formula is C20H31N7O3S. The van der Waals surface area contributed by atoms with Gasteiger partial charge in [-0.3, -0.25) is 4.72 Å². The number of hydrogen-bond acceptors (Lipinski definition) is 9. The summed E-state index contributed by atoms with van der Waals surface area (Å²) in [6.07, 6.45) is 8.19. The maximum atomic E-state index is 11.7. The summed E-state index contributed by atoms with van der Waals surface area (Å²) < 4.78 is 25.7. The fourth-order valence-corrected chi connectivity index (χ4v) is 3.69. The summed E-state index contributed by atoms with van der Waals surface area (Å²) in [5.41, 5.74) is 0.963. The monoisotopic (exact) mass is 449 g/mol. The van der Waals surface area contributed by atoms with Crippen molar-refractivity contribution >= 4 is 21.9 Å². The third-order valence-corrected chi connectivity index (χ3v) is 5.51. The fourth-order valence-electron chi connectivity index (χ4n) is 3.26. The maximum absolute atomic E-state index is 11.7. The van der Waals surface area contributed by atoms with E-state index in [0.717, 1.165) is 30.5 Å². The van der Waals surface area contributed by atoms with E-state index < -0.39 is 10.0 Å². The Kier molecular flexibility index (Phi) is 7.37. The summed E-state index contributed by atoms with van der Waals surface area (Å²) >= 11 is 0. The molecule has 11 heteroatoms. The summed E-state index contributed by atoms with van der Waals surface area (Å²) in [4.78, 5) is 21.8. The minimum Gasteiger partial charge on any atom is -0.394 e. The first-order valence-electron chi connectivity index (χ1n) is 10.5. The molecule has 2 aromatic rings. The molecule has 3 rings (SSSR count). The van der Waals surface area contributed by atoms with Crippen molar-refractivity contribution in [2.45, 2.75) is 64.3 Å². The van der Waals surface area contributed by atoms with Crippen LogP contribution in [0.2, 0.25) is 0 Å². The predicted octanol–water partition coefficient (Wildman–Crippen LogP) is 2.08. The van der Waals surface area contributed by atoms with E-state index in [1.165, 1.54) is 0 Å². The molecule has 1 saturated carbocycles. The maximum Gasteiger partial charge on any atom is 0.241 e. The summed E-state index contributed by atoms with van der Waals surface area (Å²) in [6.45, 7) is 6.04. The molecule has 1 fully saturated rings. The van der Waals surface area contributed by atoms with Crippen LogP contribution in [0, 0.1) is 5.92 Å². The number of anilines is 2. The number of hydrogen-bond donors (Lipinski definition) is 3. The summed E-state index contributed by atoms with van der Waals surface area (Å²) in [7, 11) is -3.55. The lowest BCUT2D eigenvalue weighted by Gasteiger charge is -2.19. The van der Waals surface area contributed by atoms with E-state index >= 15 is 0 Å². The van der Waals surface area contributed by atoms with Crippen molar-refractivity contribution in [2.24, 2.45) is 5.92 Å². The van der Waals surface area contributed by atoms with Crippen LogP contribution in [0.3, 0.4) is 0 Å². The van der Waals surface area contributed by atoms with Crippen LogP contribution in [-0.4, -0.2) is 57.3 Å². The zero-order chi connectivity index (χ0) is 22.6. The number of nitrogens with one attached hydrogen (secondary N) is 2. The van der Waals surface area contributed by atoms with Gasteiger partial charge < -0.3 is 10.4 Å². The second kappa shape index (κ2) is 9.82. The zero-order valence-corrected chi connectivity index (χ0v) is 19.2. The molecule has 3 N–H and O–H groups in total. The Bertz CT molecular complexity index is 979. The predicted molar refractivity (Wildman–Crippen MR) is 118 cm³/mol. The van der Waals surface area contributed by atoms with Crippen molar-refractivity contribution in [3.8, 4) is 0 Å². The third-order valence-electron chi connectivity index (χ3n) is 4.96. The van der Waals surface area contributed by atoms with E-state index in [-0.39, 0.29) is 30.5 Å². The van der Waals surface area contributed by atoms with Crippen molar-refractivity contribution in [1.29, 1.82) is 0 Å². The first kappa shape index (κ1) is 23.3. The normalized spacial score (nSPS) is 16.2. The molecule has 1 aliphatic rings. The molecule has 0 amide bonds. The molecule has 0 spiro atoms. The number of aliphatic hydroxyl groups is 1. The quantitative estimate of drug-likeness (QED) is 0.470. The number of nitrogens with zero attached hydrogens (tertiary/aromatic N) is 5. The number of aromatic nitrogens is 5. The van der Waals surface area contributed by atoms with Crippen LogP contribution >= 0.6 is 0 Å².